The van der Waals surface area contributed by atoms with Crippen LogP contribution in [0.2, 0.25) is 5.02 Å². The number of benzene rings is 2. The lowest BCUT2D eigenvalue weighted by Gasteiger charge is -2.11. The van der Waals surface area contributed by atoms with Crippen LogP contribution in [0.15, 0.2) is 77.6 Å². The topological polar surface area (TPSA) is 92.9 Å². The molecule has 0 aliphatic rings. The van der Waals surface area contributed by atoms with E-state index < -0.39 is 0 Å². The number of aromatic nitrogens is 3. The van der Waals surface area contributed by atoms with Crippen LogP contribution in [0.25, 0.3) is 11.4 Å². The summed E-state index contributed by atoms with van der Waals surface area (Å²) in [6, 6.07) is 17.7. The van der Waals surface area contributed by atoms with E-state index in [1.165, 1.54) is 0 Å². The number of carbonyl (C=O) groups is 1. The van der Waals surface area contributed by atoms with Crippen molar-refractivity contribution in [2.75, 3.05) is 10.6 Å². The number of nitrogens with zero attached hydrogens (tertiary/aromatic N) is 3. The van der Waals surface area contributed by atoms with Crippen molar-refractivity contribution in [2.24, 2.45) is 0 Å². The van der Waals surface area contributed by atoms with E-state index in [2.05, 4.69) is 25.8 Å². The van der Waals surface area contributed by atoms with Crippen molar-refractivity contribution in [3.8, 4) is 11.4 Å². The second kappa shape index (κ2) is 8.53. The number of hydrogen-bond donors (Lipinski definition) is 2. The van der Waals surface area contributed by atoms with Gasteiger partial charge in [-0.2, -0.15) is 4.98 Å². The van der Waals surface area contributed by atoms with Gasteiger partial charge in [0, 0.05) is 34.4 Å². The number of urea groups is 1. The van der Waals surface area contributed by atoms with Gasteiger partial charge in [-0.1, -0.05) is 41.0 Å². The van der Waals surface area contributed by atoms with Gasteiger partial charge in [0.2, 0.25) is 11.7 Å². The number of anilines is 2. The summed E-state index contributed by atoms with van der Waals surface area (Å²) in [5.74, 6) is 0.908. The fraction of sp³-hybridized carbons (Fsp3) is 0.0476. The maximum absolute atomic E-state index is 12.4. The molecule has 0 bridgehead atoms. The first-order valence-electron chi connectivity index (χ1n) is 8.82. The van der Waals surface area contributed by atoms with Crippen molar-refractivity contribution in [1.29, 1.82) is 0 Å². The van der Waals surface area contributed by atoms with E-state index in [4.69, 9.17) is 16.1 Å². The Balaban J connectivity index is 1.47. The second-order valence-electron chi connectivity index (χ2n) is 6.18. The molecule has 0 unspecified atom stereocenters. The molecule has 0 atom stereocenters. The molecule has 8 heteroatoms. The lowest BCUT2D eigenvalue weighted by molar-refractivity contribution is 0.262. The molecule has 0 saturated heterocycles. The van der Waals surface area contributed by atoms with Crippen molar-refractivity contribution in [3.05, 3.63) is 89.5 Å². The summed E-state index contributed by atoms with van der Waals surface area (Å²) in [4.78, 5) is 20.8. The molecule has 0 aliphatic heterocycles. The first-order chi connectivity index (χ1) is 14.2. The molecule has 0 fully saturated rings. The van der Waals surface area contributed by atoms with E-state index in [0.717, 1.165) is 11.1 Å². The van der Waals surface area contributed by atoms with E-state index in [9.17, 15) is 4.79 Å². The fourth-order valence-electron chi connectivity index (χ4n) is 2.75. The molecule has 0 aliphatic carbocycles. The van der Waals surface area contributed by atoms with Gasteiger partial charge >= 0.3 is 6.03 Å². The molecular formula is C21H16ClN5O2. The van der Waals surface area contributed by atoms with Crippen LogP contribution >= 0.6 is 11.6 Å². The minimum absolute atomic E-state index is 0.374. The highest BCUT2D eigenvalue weighted by molar-refractivity contribution is 6.30. The summed E-state index contributed by atoms with van der Waals surface area (Å²) in [7, 11) is 0. The Morgan fingerprint density at radius 2 is 1.93 bits per heavy atom. The van der Waals surface area contributed by atoms with Gasteiger partial charge in [-0.15, -0.1) is 0 Å². The predicted octanol–water partition coefficient (Wildman–Crippen LogP) is 5.02. The standard InChI is InChI=1S/C21H16ClN5O2/c22-16-7-3-8-17(12-16)24-21(28)25-18-9-2-1-5-14(18)11-19-26-20(27-29-19)15-6-4-10-23-13-15/h1-10,12-13H,11H2,(H2,24,25,28). The van der Waals surface area contributed by atoms with Gasteiger partial charge in [-0.3, -0.25) is 4.98 Å². The van der Waals surface area contributed by atoms with E-state index in [-0.39, 0.29) is 6.03 Å². The Labute approximate surface area is 171 Å². The fourth-order valence-corrected chi connectivity index (χ4v) is 2.94. The monoisotopic (exact) mass is 405 g/mol. The number of para-hydroxylation sites is 1. The number of carbonyl (C=O) groups excluding carboxylic acids is 1. The van der Waals surface area contributed by atoms with Crippen molar-refractivity contribution >= 4 is 29.0 Å². The molecule has 7 nitrogen and oxygen atoms in total. The molecular weight excluding hydrogens is 390 g/mol. The van der Waals surface area contributed by atoms with E-state index in [0.29, 0.717) is 34.5 Å². The quantitative estimate of drug-likeness (QED) is 0.486. The van der Waals surface area contributed by atoms with Gasteiger partial charge in [0.1, 0.15) is 0 Å². The number of hydrogen-bond acceptors (Lipinski definition) is 5. The highest BCUT2D eigenvalue weighted by Crippen LogP contribution is 2.21. The Morgan fingerprint density at radius 3 is 2.76 bits per heavy atom. The molecule has 0 saturated carbocycles. The number of amides is 2. The smallest absolute Gasteiger partial charge is 0.323 e. The van der Waals surface area contributed by atoms with Gasteiger partial charge in [-0.05, 0) is 42.0 Å². The molecule has 0 radical (unpaired) electrons. The van der Waals surface area contributed by atoms with Gasteiger partial charge in [0.15, 0.2) is 0 Å². The van der Waals surface area contributed by atoms with Crippen molar-refractivity contribution in [2.45, 2.75) is 6.42 Å². The van der Waals surface area contributed by atoms with Crippen LogP contribution in [0.4, 0.5) is 16.2 Å². The summed E-state index contributed by atoms with van der Waals surface area (Å²) in [6.07, 6.45) is 3.73. The third kappa shape index (κ3) is 4.77. The van der Waals surface area contributed by atoms with E-state index in [1.54, 1.807) is 36.7 Å². The van der Waals surface area contributed by atoms with Crippen molar-refractivity contribution in [3.63, 3.8) is 0 Å². The number of halogens is 1. The third-order valence-electron chi connectivity index (χ3n) is 4.08. The maximum Gasteiger partial charge on any atom is 0.323 e. The van der Waals surface area contributed by atoms with Gasteiger partial charge in [-0.25, -0.2) is 4.79 Å². The Morgan fingerprint density at radius 1 is 1.03 bits per heavy atom. The summed E-state index contributed by atoms with van der Waals surface area (Å²) in [6.45, 7) is 0. The zero-order valence-electron chi connectivity index (χ0n) is 15.2. The molecule has 2 amide bonds. The average Bonchev–Trinajstić information content (AvgIpc) is 3.19. The lowest BCUT2D eigenvalue weighted by atomic mass is 10.1. The van der Waals surface area contributed by atoms with Crippen molar-refractivity contribution < 1.29 is 9.32 Å². The van der Waals surface area contributed by atoms with Crippen LogP contribution in [0.3, 0.4) is 0 Å². The third-order valence-corrected chi connectivity index (χ3v) is 4.31. The molecule has 2 aromatic heterocycles. The van der Waals surface area contributed by atoms with Crippen LogP contribution < -0.4 is 10.6 Å². The Bertz CT molecular complexity index is 1130. The first kappa shape index (κ1) is 18.6. The van der Waals surface area contributed by atoms with Crippen LogP contribution in [0.5, 0.6) is 0 Å². The minimum atomic E-state index is -0.374. The van der Waals surface area contributed by atoms with Crippen LogP contribution in [0.1, 0.15) is 11.5 Å². The highest BCUT2D eigenvalue weighted by Gasteiger charge is 2.13. The van der Waals surface area contributed by atoms with Gasteiger partial charge in [0.25, 0.3) is 0 Å². The van der Waals surface area contributed by atoms with E-state index >= 15 is 0 Å². The Kier molecular flexibility index (Phi) is 5.49. The lowest BCUT2D eigenvalue weighted by Crippen LogP contribution is -2.20. The van der Waals surface area contributed by atoms with Gasteiger partial charge < -0.3 is 15.2 Å². The van der Waals surface area contributed by atoms with E-state index in [1.807, 2.05) is 36.4 Å². The number of pyridine rings is 1. The number of rotatable bonds is 5. The summed E-state index contributed by atoms with van der Waals surface area (Å²) < 4.78 is 5.36. The summed E-state index contributed by atoms with van der Waals surface area (Å²) in [5.41, 5.74) is 2.86. The SMILES string of the molecule is O=C(Nc1cccc(Cl)c1)Nc1ccccc1Cc1nc(-c2cccnc2)no1. The first-order valence-corrected chi connectivity index (χ1v) is 9.19. The van der Waals surface area contributed by atoms with Crippen LogP contribution in [0, 0.1) is 0 Å². The second-order valence-corrected chi connectivity index (χ2v) is 6.61. The zero-order chi connectivity index (χ0) is 20.1. The average molecular weight is 406 g/mol. The van der Waals surface area contributed by atoms with Crippen LogP contribution in [-0.2, 0) is 6.42 Å². The number of nitrogens with one attached hydrogen (secondary N) is 2. The predicted molar refractivity (Wildman–Crippen MR) is 111 cm³/mol. The molecule has 144 valence electrons. The molecule has 2 heterocycles. The molecule has 0 spiro atoms. The minimum Gasteiger partial charge on any atom is -0.339 e. The van der Waals surface area contributed by atoms with Crippen LogP contribution in [-0.4, -0.2) is 21.2 Å². The summed E-state index contributed by atoms with van der Waals surface area (Å²) >= 11 is 5.95. The molecule has 29 heavy (non-hydrogen) atoms. The molecule has 2 aromatic carbocycles. The molecule has 4 rings (SSSR count). The van der Waals surface area contributed by atoms with Crippen molar-refractivity contribution in [1.82, 2.24) is 15.1 Å². The highest BCUT2D eigenvalue weighted by atomic mass is 35.5. The zero-order valence-corrected chi connectivity index (χ0v) is 15.9. The summed E-state index contributed by atoms with van der Waals surface area (Å²) in [5, 5.41) is 10.1. The Hall–Kier alpha value is -3.71. The molecule has 2 N–H and O–H groups in total. The van der Waals surface area contributed by atoms with Gasteiger partial charge in [0.05, 0.1) is 6.42 Å². The maximum atomic E-state index is 12.4. The largest absolute Gasteiger partial charge is 0.339 e. The molecule has 4 aromatic rings. The normalized spacial score (nSPS) is 10.5.